The maximum Gasteiger partial charge on any atom is 0.251 e. The van der Waals surface area contributed by atoms with Crippen LogP contribution in [0.1, 0.15) is 23.7 Å². The third-order valence-electron chi connectivity index (χ3n) is 2.30. The van der Waals surface area contributed by atoms with Crippen molar-refractivity contribution in [2.24, 2.45) is 5.92 Å². The van der Waals surface area contributed by atoms with Gasteiger partial charge in [-0.2, -0.15) is 0 Å². The molecular formula is C12H15BrClNO. The summed E-state index contributed by atoms with van der Waals surface area (Å²) in [5, 5.41) is 4.44. The quantitative estimate of drug-likeness (QED) is 0.829. The van der Waals surface area contributed by atoms with Crippen molar-refractivity contribution in [1.29, 1.82) is 0 Å². The van der Waals surface area contributed by atoms with Crippen molar-refractivity contribution in [1.82, 2.24) is 5.32 Å². The summed E-state index contributed by atoms with van der Waals surface area (Å²) in [6.07, 6.45) is 1.05. The summed E-state index contributed by atoms with van der Waals surface area (Å²) in [5.41, 5.74) is 0.610. The molecule has 0 aromatic heterocycles. The minimum Gasteiger partial charge on any atom is -0.352 e. The van der Waals surface area contributed by atoms with Crippen LogP contribution in [0.4, 0.5) is 0 Å². The highest BCUT2D eigenvalue weighted by atomic mass is 79.9. The fourth-order valence-electron chi connectivity index (χ4n) is 1.29. The molecule has 0 aliphatic heterocycles. The average molecular weight is 305 g/mol. The second-order valence-corrected chi connectivity index (χ2v) is 5.03. The van der Waals surface area contributed by atoms with E-state index in [4.69, 9.17) is 11.6 Å². The molecule has 0 aliphatic carbocycles. The van der Waals surface area contributed by atoms with Crippen LogP contribution >= 0.6 is 27.5 Å². The smallest absolute Gasteiger partial charge is 0.251 e. The lowest BCUT2D eigenvalue weighted by Gasteiger charge is -2.11. The number of rotatable bonds is 5. The lowest BCUT2D eigenvalue weighted by Crippen LogP contribution is -2.28. The second kappa shape index (κ2) is 6.92. The van der Waals surface area contributed by atoms with E-state index < -0.39 is 0 Å². The standard InChI is InChI=1S/C12H15BrClNO/c1-9(5-6-13)8-15-12(16)10-3-2-4-11(14)7-10/h2-4,7,9H,5-6,8H2,1H3,(H,15,16). The van der Waals surface area contributed by atoms with E-state index in [0.717, 1.165) is 11.8 Å². The Labute approximate surface area is 110 Å². The van der Waals surface area contributed by atoms with E-state index in [-0.39, 0.29) is 5.91 Å². The first-order valence-electron chi connectivity index (χ1n) is 5.23. The van der Waals surface area contributed by atoms with E-state index in [1.807, 2.05) is 0 Å². The summed E-state index contributed by atoms with van der Waals surface area (Å²) >= 11 is 9.20. The summed E-state index contributed by atoms with van der Waals surface area (Å²) in [7, 11) is 0. The molecule has 1 atom stereocenters. The minimum atomic E-state index is -0.0658. The Bertz CT molecular complexity index is 357. The maximum absolute atomic E-state index is 11.7. The van der Waals surface area contributed by atoms with Gasteiger partial charge in [-0.15, -0.1) is 0 Å². The second-order valence-electron chi connectivity index (χ2n) is 3.80. The Kier molecular flexibility index (Phi) is 5.85. The normalized spacial score (nSPS) is 12.2. The first-order valence-corrected chi connectivity index (χ1v) is 6.73. The third-order valence-corrected chi connectivity index (χ3v) is 2.99. The molecule has 16 heavy (non-hydrogen) atoms. The van der Waals surface area contributed by atoms with E-state index in [1.54, 1.807) is 24.3 Å². The van der Waals surface area contributed by atoms with Crippen LogP contribution in [0.3, 0.4) is 0 Å². The zero-order valence-electron chi connectivity index (χ0n) is 9.17. The fourth-order valence-corrected chi connectivity index (χ4v) is 2.26. The minimum absolute atomic E-state index is 0.0658. The van der Waals surface area contributed by atoms with Gasteiger partial charge >= 0.3 is 0 Å². The van der Waals surface area contributed by atoms with Gasteiger partial charge in [0.2, 0.25) is 0 Å². The lowest BCUT2D eigenvalue weighted by molar-refractivity contribution is 0.0948. The van der Waals surface area contributed by atoms with Gasteiger partial charge in [-0.05, 0) is 30.5 Å². The molecule has 1 unspecified atom stereocenters. The summed E-state index contributed by atoms with van der Waals surface area (Å²) in [4.78, 5) is 11.7. The number of carbonyl (C=O) groups excluding carboxylic acids is 1. The van der Waals surface area contributed by atoms with Crippen molar-refractivity contribution in [3.63, 3.8) is 0 Å². The van der Waals surface area contributed by atoms with Gasteiger partial charge in [0, 0.05) is 22.5 Å². The molecule has 0 fully saturated rings. The van der Waals surface area contributed by atoms with Crippen molar-refractivity contribution >= 4 is 33.4 Å². The zero-order valence-corrected chi connectivity index (χ0v) is 11.5. The van der Waals surface area contributed by atoms with Gasteiger partial charge in [-0.25, -0.2) is 0 Å². The van der Waals surface area contributed by atoms with Gasteiger partial charge in [-0.3, -0.25) is 4.79 Å². The highest BCUT2D eigenvalue weighted by Gasteiger charge is 2.07. The van der Waals surface area contributed by atoms with Crippen molar-refractivity contribution in [3.05, 3.63) is 34.9 Å². The predicted octanol–water partition coefficient (Wildman–Crippen LogP) is 3.49. The number of carbonyl (C=O) groups is 1. The molecule has 2 nitrogen and oxygen atoms in total. The number of nitrogens with one attached hydrogen (secondary N) is 1. The van der Waals surface area contributed by atoms with Gasteiger partial charge < -0.3 is 5.32 Å². The van der Waals surface area contributed by atoms with E-state index in [1.165, 1.54) is 0 Å². The summed E-state index contributed by atoms with van der Waals surface area (Å²) < 4.78 is 0. The van der Waals surface area contributed by atoms with E-state index in [0.29, 0.717) is 23.0 Å². The van der Waals surface area contributed by atoms with Crippen LogP contribution < -0.4 is 5.32 Å². The monoisotopic (exact) mass is 303 g/mol. The van der Waals surface area contributed by atoms with Crippen molar-refractivity contribution in [3.8, 4) is 0 Å². The highest BCUT2D eigenvalue weighted by Crippen LogP contribution is 2.10. The Morgan fingerprint density at radius 3 is 2.94 bits per heavy atom. The van der Waals surface area contributed by atoms with E-state index in [2.05, 4.69) is 28.2 Å². The Hall–Kier alpha value is -0.540. The molecular weight excluding hydrogens is 289 g/mol. The molecule has 0 saturated heterocycles. The van der Waals surface area contributed by atoms with Gasteiger partial charge in [-0.1, -0.05) is 40.5 Å². The average Bonchev–Trinajstić information content (AvgIpc) is 2.26. The molecule has 1 aromatic carbocycles. The molecule has 0 heterocycles. The van der Waals surface area contributed by atoms with Crippen LogP contribution in [0.2, 0.25) is 5.02 Å². The Morgan fingerprint density at radius 1 is 1.56 bits per heavy atom. The Balaban J connectivity index is 2.47. The van der Waals surface area contributed by atoms with Crippen molar-refractivity contribution in [2.75, 3.05) is 11.9 Å². The number of alkyl halides is 1. The predicted molar refractivity (Wildman–Crippen MR) is 71.4 cm³/mol. The van der Waals surface area contributed by atoms with Crippen LogP contribution in [0.15, 0.2) is 24.3 Å². The number of hydrogen-bond acceptors (Lipinski definition) is 1. The molecule has 0 saturated carbocycles. The first-order chi connectivity index (χ1) is 7.63. The van der Waals surface area contributed by atoms with Crippen LogP contribution in [0.5, 0.6) is 0 Å². The van der Waals surface area contributed by atoms with Crippen molar-refractivity contribution < 1.29 is 4.79 Å². The number of benzene rings is 1. The van der Waals surface area contributed by atoms with Crippen LogP contribution in [0, 0.1) is 5.92 Å². The summed E-state index contributed by atoms with van der Waals surface area (Å²) in [6.45, 7) is 2.80. The molecule has 0 aliphatic rings. The molecule has 0 bridgehead atoms. The van der Waals surface area contributed by atoms with E-state index >= 15 is 0 Å². The van der Waals surface area contributed by atoms with Gasteiger partial charge in [0.25, 0.3) is 5.91 Å². The molecule has 1 aromatic rings. The number of halogens is 2. The topological polar surface area (TPSA) is 29.1 Å². The molecule has 0 radical (unpaired) electrons. The molecule has 1 amide bonds. The maximum atomic E-state index is 11.7. The lowest BCUT2D eigenvalue weighted by atomic mass is 10.1. The SMILES string of the molecule is CC(CCBr)CNC(=O)c1cccc(Cl)c1. The van der Waals surface area contributed by atoms with Gasteiger partial charge in [0.05, 0.1) is 0 Å². The van der Waals surface area contributed by atoms with Gasteiger partial charge in [0.15, 0.2) is 0 Å². The Morgan fingerprint density at radius 2 is 2.31 bits per heavy atom. The first kappa shape index (κ1) is 13.5. The third kappa shape index (κ3) is 4.54. The zero-order chi connectivity index (χ0) is 12.0. The summed E-state index contributed by atoms with van der Waals surface area (Å²) in [5.74, 6) is 0.409. The van der Waals surface area contributed by atoms with Crippen LogP contribution in [-0.2, 0) is 0 Å². The molecule has 4 heteroatoms. The van der Waals surface area contributed by atoms with Crippen molar-refractivity contribution in [2.45, 2.75) is 13.3 Å². The highest BCUT2D eigenvalue weighted by molar-refractivity contribution is 9.09. The molecule has 0 spiro atoms. The summed E-state index contributed by atoms with van der Waals surface area (Å²) in [6, 6.07) is 6.97. The largest absolute Gasteiger partial charge is 0.352 e. The van der Waals surface area contributed by atoms with Crippen LogP contribution in [-0.4, -0.2) is 17.8 Å². The van der Waals surface area contributed by atoms with E-state index in [9.17, 15) is 4.79 Å². The number of hydrogen-bond donors (Lipinski definition) is 1. The van der Waals surface area contributed by atoms with Crippen LogP contribution in [0.25, 0.3) is 0 Å². The fraction of sp³-hybridized carbons (Fsp3) is 0.417. The van der Waals surface area contributed by atoms with Gasteiger partial charge in [0.1, 0.15) is 0 Å². The molecule has 1 rings (SSSR count). The molecule has 1 N–H and O–H groups in total. The molecule has 88 valence electrons. The number of amides is 1.